The van der Waals surface area contributed by atoms with Gasteiger partial charge in [-0.05, 0) is 56.3 Å². The van der Waals surface area contributed by atoms with Crippen molar-refractivity contribution in [3.63, 3.8) is 0 Å². The van der Waals surface area contributed by atoms with Crippen LogP contribution in [-0.2, 0) is 6.54 Å². The molecule has 0 spiro atoms. The highest BCUT2D eigenvalue weighted by molar-refractivity contribution is 7.08. The molecule has 1 fully saturated rings. The average molecular weight is 289 g/mol. The molecule has 0 unspecified atom stereocenters. The minimum Gasteiger partial charge on any atom is -0.331 e. The Balaban J connectivity index is 1.61. The highest BCUT2D eigenvalue weighted by Crippen LogP contribution is 2.24. The highest BCUT2D eigenvalue weighted by atomic mass is 32.1. The Morgan fingerprint density at radius 2 is 2.20 bits per heavy atom. The summed E-state index contributed by atoms with van der Waals surface area (Å²) in [7, 11) is 0. The summed E-state index contributed by atoms with van der Waals surface area (Å²) < 4.78 is 2.34. The largest absolute Gasteiger partial charge is 0.331 e. The van der Waals surface area contributed by atoms with E-state index in [1.54, 1.807) is 11.3 Å². The van der Waals surface area contributed by atoms with E-state index in [0.717, 1.165) is 18.3 Å². The van der Waals surface area contributed by atoms with Crippen LogP contribution in [0.1, 0.15) is 26.2 Å². The Labute approximate surface area is 125 Å². The number of nitrogens with zero attached hydrogens (tertiary/aromatic N) is 3. The second kappa shape index (κ2) is 6.55. The van der Waals surface area contributed by atoms with E-state index in [9.17, 15) is 0 Å². The molecule has 3 rings (SSSR count). The zero-order valence-corrected chi connectivity index (χ0v) is 13.0. The molecule has 0 aliphatic carbocycles. The molecule has 0 aromatic carbocycles. The molecule has 3 nitrogen and oxygen atoms in total. The van der Waals surface area contributed by atoms with Crippen molar-refractivity contribution < 1.29 is 0 Å². The predicted molar refractivity (Wildman–Crippen MR) is 85.0 cm³/mol. The summed E-state index contributed by atoms with van der Waals surface area (Å²) in [6, 6.07) is 2.16. The molecule has 0 bridgehead atoms. The van der Waals surface area contributed by atoms with Gasteiger partial charge in [-0.25, -0.2) is 4.98 Å². The van der Waals surface area contributed by atoms with E-state index in [1.165, 1.54) is 44.5 Å². The van der Waals surface area contributed by atoms with Crippen LogP contribution in [0.5, 0.6) is 0 Å². The molecule has 1 aliphatic heterocycles. The first-order valence-electron chi connectivity index (χ1n) is 7.63. The lowest BCUT2D eigenvalue weighted by molar-refractivity contribution is 0.174. The van der Waals surface area contributed by atoms with Crippen LogP contribution in [-0.4, -0.2) is 34.1 Å². The molecular formula is C16H23N3S. The molecular weight excluding hydrogens is 266 g/mol. The molecule has 2 aromatic heterocycles. The lowest BCUT2D eigenvalue weighted by Gasteiger charge is -2.32. The van der Waals surface area contributed by atoms with Crippen LogP contribution in [0, 0.1) is 5.92 Å². The Bertz CT molecular complexity index is 510. The van der Waals surface area contributed by atoms with Crippen LogP contribution in [0.15, 0.2) is 29.2 Å². The van der Waals surface area contributed by atoms with E-state index in [4.69, 9.17) is 0 Å². The van der Waals surface area contributed by atoms with Crippen molar-refractivity contribution in [1.82, 2.24) is 14.5 Å². The zero-order valence-electron chi connectivity index (χ0n) is 12.2. The van der Waals surface area contributed by atoms with Crippen molar-refractivity contribution in [1.29, 1.82) is 0 Å². The molecule has 0 saturated carbocycles. The second-order valence-electron chi connectivity index (χ2n) is 5.70. The molecule has 0 N–H and O–H groups in total. The van der Waals surface area contributed by atoms with Crippen LogP contribution in [0.3, 0.4) is 0 Å². The van der Waals surface area contributed by atoms with Gasteiger partial charge in [0.1, 0.15) is 5.82 Å². The van der Waals surface area contributed by atoms with Gasteiger partial charge in [0.25, 0.3) is 0 Å². The number of hydrogen-bond acceptors (Lipinski definition) is 3. The van der Waals surface area contributed by atoms with Crippen molar-refractivity contribution in [3.05, 3.63) is 29.2 Å². The SMILES string of the molecule is CCCN1CCC(Cn2ccnc2-c2ccsc2)CC1. The number of hydrogen-bond donors (Lipinski definition) is 0. The third-order valence-electron chi connectivity index (χ3n) is 4.20. The summed E-state index contributed by atoms with van der Waals surface area (Å²) in [6.07, 6.45) is 7.97. The second-order valence-corrected chi connectivity index (χ2v) is 6.48. The fourth-order valence-corrected chi connectivity index (χ4v) is 3.73. The minimum atomic E-state index is 0.801. The lowest BCUT2D eigenvalue weighted by Crippen LogP contribution is -2.35. The third kappa shape index (κ3) is 3.13. The molecule has 20 heavy (non-hydrogen) atoms. The zero-order chi connectivity index (χ0) is 13.8. The smallest absolute Gasteiger partial charge is 0.140 e. The molecule has 0 amide bonds. The van der Waals surface area contributed by atoms with Gasteiger partial charge in [0, 0.05) is 29.9 Å². The lowest BCUT2D eigenvalue weighted by atomic mass is 9.96. The van der Waals surface area contributed by atoms with Gasteiger partial charge in [-0.1, -0.05) is 6.92 Å². The summed E-state index contributed by atoms with van der Waals surface area (Å²) in [4.78, 5) is 7.13. The van der Waals surface area contributed by atoms with E-state index in [1.807, 2.05) is 6.20 Å². The molecule has 0 atom stereocenters. The molecule has 1 aliphatic rings. The Kier molecular flexibility index (Phi) is 4.53. The Morgan fingerprint density at radius 1 is 1.35 bits per heavy atom. The Morgan fingerprint density at radius 3 is 2.90 bits per heavy atom. The van der Waals surface area contributed by atoms with Gasteiger partial charge in [0.15, 0.2) is 0 Å². The predicted octanol–water partition coefficient (Wildman–Crippen LogP) is 3.73. The van der Waals surface area contributed by atoms with E-state index in [2.05, 4.69) is 44.4 Å². The first-order valence-corrected chi connectivity index (χ1v) is 8.57. The van der Waals surface area contributed by atoms with Crippen LogP contribution in [0.2, 0.25) is 0 Å². The third-order valence-corrected chi connectivity index (χ3v) is 4.88. The highest BCUT2D eigenvalue weighted by Gasteiger charge is 2.20. The number of rotatable bonds is 5. The molecule has 3 heterocycles. The number of likely N-dealkylation sites (tertiary alicyclic amines) is 1. The monoisotopic (exact) mass is 289 g/mol. The number of piperidine rings is 1. The molecule has 2 aromatic rings. The maximum Gasteiger partial charge on any atom is 0.140 e. The van der Waals surface area contributed by atoms with Crippen LogP contribution >= 0.6 is 11.3 Å². The van der Waals surface area contributed by atoms with Crippen LogP contribution in [0.25, 0.3) is 11.4 Å². The number of aromatic nitrogens is 2. The summed E-state index contributed by atoms with van der Waals surface area (Å²) >= 11 is 1.74. The maximum atomic E-state index is 4.53. The topological polar surface area (TPSA) is 21.1 Å². The Hall–Kier alpha value is -1.13. The van der Waals surface area contributed by atoms with Gasteiger partial charge >= 0.3 is 0 Å². The molecule has 1 saturated heterocycles. The fourth-order valence-electron chi connectivity index (χ4n) is 3.10. The van der Waals surface area contributed by atoms with E-state index in [-0.39, 0.29) is 0 Å². The van der Waals surface area contributed by atoms with Gasteiger partial charge < -0.3 is 9.47 Å². The number of thiophene rings is 1. The van der Waals surface area contributed by atoms with E-state index in [0.29, 0.717) is 0 Å². The van der Waals surface area contributed by atoms with Crippen molar-refractivity contribution in [3.8, 4) is 11.4 Å². The van der Waals surface area contributed by atoms with E-state index >= 15 is 0 Å². The van der Waals surface area contributed by atoms with Crippen LogP contribution < -0.4 is 0 Å². The van der Waals surface area contributed by atoms with Crippen molar-refractivity contribution in [2.45, 2.75) is 32.7 Å². The molecule has 108 valence electrons. The molecule has 0 radical (unpaired) electrons. The molecule has 4 heteroatoms. The summed E-state index contributed by atoms with van der Waals surface area (Å²) in [6.45, 7) is 7.18. The van der Waals surface area contributed by atoms with Gasteiger partial charge in [-0.15, -0.1) is 0 Å². The van der Waals surface area contributed by atoms with E-state index < -0.39 is 0 Å². The average Bonchev–Trinajstić information content (AvgIpc) is 3.12. The number of imidazole rings is 1. The normalized spacial score (nSPS) is 17.6. The summed E-state index contributed by atoms with van der Waals surface area (Å²) in [5, 5.41) is 4.31. The first-order chi connectivity index (χ1) is 9.86. The quantitative estimate of drug-likeness (QED) is 0.836. The van der Waals surface area contributed by atoms with Crippen molar-refractivity contribution >= 4 is 11.3 Å². The minimum absolute atomic E-state index is 0.801. The van der Waals surface area contributed by atoms with Crippen molar-refractivity contribution in [2.24, 2.45) is 5.92 Å². The summed E-state index contributed by atoms with van der Waals surface area (Å²) in [5.74, 6) is 1.93. The van der Waals surface area contributed by atoms with Crippen LogP contribution in [0.4, 0.5) is 0 Å². The van der Waals surface area contributed by atoms with Gasteiger partial charge in [0.05, 0.1) is 0 Å². The van der Waals surface area contributed by atoms with Gasteiger partial charge in [-0.3, -0.25) is 0 Å². The maximum absolute atomic E-state index is 4.53. The first kappa shape index (κ1) is 13.8. The standard InChI is InChI=1S/C16H23N3S/c1-2-7-18-8-3-14(4-9-18)12-19-10-6-17-16(19)15-5-11-20-13-15/h5-6,10-11,13-14H,2-4,7-9,12H2,1H3. The fraction of sp³-hybridized carbons (Fsp3) is 0.562. The van der Waals surface area contributed by atoms with Gasteiger partial charge in [-0.2, -0.15) is 11.3 Å². The summed E-state index contributed by atoms with van der Waals surface area (Å²) in [5.41, 5.74) is 1.25. The van der Waals surface area contributed by atoms with Gasteiger partial charge in [0.2, 0.25) is 0 Å². The van der Waals surface area contributed by atoms with Crippen molar-refractivity contribution in [2.75, 3.05) is 19.6 Å².